The number of benzene rings is 1. The Balaban J connectivity index is 0.00000144. The van der Waals surface area contributed by atoms with Crippen LogP contribution in [0.15, 0.2) is 53.5 Å². The summed E-state index contributed by atoms with van der Waals surface area (Å²) in [4.78, 5) is -0.0207. The minimum atomic E-state index is -4.09. The third kappa shape index (κ3) is 3.26. The van der Waals surface area contributed by atoms with Gasteiger partial charge in [-0.1, -0.05) is 42.5 Å². The fourth-order valence-electron chi connectivity index (χ4n) is 1.76. The molecule has 4 nitrogen and oxygen atoms in total. The highest BCUT2D eigenvalue weighted by atomic mass is 32.2. The lowest BCUT2D eigenvalue weighted by Crippen LogP contribution is -2.06. The predicted molar refractivity (Wildman–Crippen MR) is 66.2 cm³/mol. The van der Waals surface area contributed by atoms with Crippen molar-refractivity contribution in [3.05, 3.63) is 59.0 Å². The summed E-state index contributed by atoms with van der Waals surface area (Å²) < 4.78 is 31.0. The lowest BCUT2D eigenvalue weighted by atomic mass is 9.93. The smallest absolute Gasteiger partial charge is 0.294 e. The molecule has 5 heteroatoms. The molecule has 0 heterocycles. The summed E-state index contributed by atoms with van der Waals surface area (Å²) in [6, 6.07) is 9.63. The maximum atomic E-state index is 11.0. The van der Waals surface area contributed by atoms with Crippen LogP contribution in [0.3, 0.4) is 0 Å². The summed E-state index contributed by atoms with van der Waals surface area (Å²) in [7, 11) is -4.09. The van der Waals surface area contributed by atoms with E-state index in [1.807, 2.05) is 30.3 Å². The highest BCUT2D eigenvalue weighted by Gasteiger charge is 2.18. The molecule has 0 fully saturated rings. The first-order valence-electron chi connectivity index (χ1n) is 4.98. The van der Waals surface area contributed by atoms with Crippen molar-refractivity contribution in [3.63, 3.8) is 0 Å². The van der Waals surface area contributed by atoms with Gasteiger partial charge in [-0.2, -0.15) is 8.42 Å². The molecular weight excluding hydrogens is 240 g/mol. The van der Waals surface area contributed by atoms with E-state index in [2.05, 4.69) is 0 Å². The molecule has 1 aliphatic rings. The van der Waals surface area contributed by atoms with Crippen LogP contribution >= 0.6 is 0 Å². The SMILES string of the molecule is O.O=S(=O)(O)C1=CC(c2ccccc2)CC=C1. The molecule has 0 amide bonds. The molecule has 0 aromatic heterocycles. The molecule has 92 valence electrons. The van der Waals surface area contributed by atoms with Crippen LogP contribution in [0.2, 0.25) is 0 Å². The molecule has 1 aromatic carbocycles. The Kier molecular flexibility index (Phi) is 4.22. The maximum absolute atomic E-state index is 11.0. The van der Waals surface area contributed by atoms with E-state index >= 15 is 0 Å². The van der Waals surface area contributed by atoms with Gasteiger partial charge < -0.3 is 5.48 Å². The van der Waals surface area contributed by atoms with E-state index < -0.39 is 10.1 Å². The van der Waals surface area contributed by atoms with Gasteiger partial charge in [-0.3, -0.25) is 4.55 Å². The Morgan fingerprint density at radius 1 is 1.18 bits per heavy atom. The summed E-state index contributed by atoms with van der Waals surface area (Å²) in [5, 5.41) is 0. The second-order valence-electron chi connectivity index (χ2n) is 3.70. The maximum Gasteiger partial charge on any atom is 0.294 e. The summed E-state index contributed by atoms with van der Waals surface area (Å²) in [6.45, 7) is 0. The van der Waals surface area contributed by atoms with E-state index in [1.54, 1.807) is 12.2 Å². The van der Waals surface area contributed by atoms with Gasteiger partial charge in [-0.05, 0) is 18.1 Å². The van der Waals surface area contributed by atoms with E-state index in [-0.39, 0.29) is 16.3 Å². The average Bonchev–Trinajstić information content (AvgIpc) is 2.29. The predicted octanol–water partition coefficient (Wildman–Crippen LogP) is 1.68. The zero-order valence-electron chi connectivity index (χ0n) is 9.08. The van der Waals surface area contributed by atoms with Crippen molar-refractivity contribution in [2.45, 2.75) is 12.3 Å². The first kappa shape index (κ1) is 13.6. The Morgan fingerprint density at radius 3 is 2.41 bits per heavy atom. The number of allylic oxidation sites excluding steroid dienone is 3. The van der Waals surface area contributed by atoms with E-state index in [4.69, 9.17) is 4.55 Å². The molecule has 0 saturated carbocycles. The molecule has 2 rings (SSSR count). The second-order valence-corrected chi connectivity index (χ2v) is 5.12. The molecule has 0 aliphatic heterocycles. The summed E-state index contributed by atoms with van der Waals surface area (Å²) in [6.07, 6.45) is 5.54. The minimum Gasteiger partial charge on any atom is -0.412 e. The van der Waals surface area contributed by atoms with E-state index in [0.717, 1.165) is 12.0 Å². The van der Waals surface area contributed by atoms with Gasteiger partial charge in [0.15, 0.2) is 0 Å². The molecular formula is C12H14O4S. The van der Waals surface area contributed by atoms with Crippen molar-refractivity contribution in [3.8, 4) is 0 Å². The molecule has 1 aromatic rings. The lowest BCUT2D eigenvalue weighted by molar-refractivity contribution is 0.491. The van der Waals surface area contributed by atoms with Crippen molar-refractivity contribution in [2.75, 3.05) is 0 Å². The molecule has 0 saturated heterocycles. The third-order valence-corrected chi connectivity index (χ3v) is 3.43. The van der Waals surface area contributed by atoms with Gasteiger partial charge in [0.2, 0.25) is 0 Å². The number of hydrogen-bond acceptors (Lipinski definition) is 2. The van der Waals surface area contributed by atoms with Gasteiger partial charge in [-0.25, -0.2) is 0 Å². The van der Waals surface area contributed by atoms with Gasteiger partial charge in [0.05, 0.1) is 4.91 Å². The van der Waals surface area contributed by atoms with Crippen molar-refractivity contribution < 1.29 is 18.4 Å². The Hall–Kier alpha value is -1.43. The monoisotopic (exact) mass is 254 g/mol. The Bertz CT molecular complexity index is 529. The van der Waals surface area contributed by atoms with E-state index in [1.165, 1.54) is 6.08 Å². The topological polar surface area (TPSA) is 85.9 Å². The van der Waals surface area contributed by atoms with Crippen LogP contribution in [0, 0.1) is 0 Å². The lowest BCUT2D eigenvalue weighted by Gasteiger charge is -2.15. The average molecular weight is 254 g/mol. The standard InChI is InChI=1S/C12H12O3S.H2O/c13-16(14,15)12-8-4-7-11(9-12)10-5-2-1-3-6-10;/h1-6,8-9,11H,7H2,(H,13,14,15);1H2. The van der Waals surface area contributed by atoms with Crippen LogP contribution in [0.1, 0.15) is 17.9 Å². The second kappa shape index (κ2) is 5.27. The first-order valence-corrected chi connectivity index (χ1v) is 6.42. The molecule has 1 atom stereocenters. The molecule has 1 aliphatic carbocycles. The fourth-order valence-corrected chi connectivity index (χ4v) is 2.36. The molecule has 1 unspecified atom stereocenters. The quantitative estimate of drug-likeness (QED) is 0.814. The van der Waals surface area contributed by atoms with Crippen molar-refractivity contribution in [1.29, 1.82) is 0 Å². The van der Waals surface area contributed by atoms with Crippen LogP contribution in [0.4, 0.5) is 0 Å². The summed E-state index contributed by atoms with van der Waals surface area (Å²) in [5.74, 6) is 0.0168. The van der Waals surface area contributed by atoms with Crippen molar-refractivity contribution >= 4 is 10.1 Å². The van der Waals surface area contributed by atoms with E-state index in [9.17, 15) is 8.42 Å². The number of hydrogen-bond donors (Lipinski definition) is 1. The Labute approximate surface area is 100 Å². The molecule has 3 N–H and O–H groups in total. The van der Waals surface area contributed by atoms with E-state index in [0.29, 0.717) is 0 Å². The van der Waals surface area contributed by atoms with Crippen LogP contribution in [-0.4, -0.2) is 18.4 Å². The first-order chi connectivity index (χ1) is 7.57. The molecule has 0 bridgehead atoms. The summed E-state index contributed by atoms with van der Waals surface area (Å²) in [5.41, 5.74) is 1.05. The van der Waals surface area contributed by atoms with Gasteiger partial charge in [0, 0.05) is 5.92 Å². The number of rotatable bonds is 2. The van der Waals surface area contributed by atoms with Crippen LogP contribution in [0.5, 0.6) is 0 Å². The molecule has 0 radical (unpaired) electrons. The zero-order chi connectivity index (χ0) is 11.6. The van der Waals surface area contributed by atoms with Gasteiger partial charge >= 0.3 is 0 Å². The largest absolute Gasteiger partial charge is 0.412 e. The summed E-state index contributed by atoms with van der Waals surface area (Å²) >= 11 is 0. The van der Waals surface area contributed by atoms with Crippen molar-refractivity contribution in [2.24, 2.45) is 0 Å². The van der Waals surface area contributed by atoms with Crippen LogP contribution in [0.25, 0.3) is 0 Å². The van der Waals surface area contributed by atoms with Crippen molar-refractivity contribution in [1.82, 2.24) is 0 Å². The normalized spacial score (nSPS) is 19.4. The Morgan fingerprint density at radius 2 is 1.82 bits per heavy atom. The zero-order valence-corrected chi connectivity index (χ0v) is 9.89. The minimum absolute atomic E-state index is 0. The van der Waals surface area contributed by atoms with Gasteiger partial charge in [0.25, 0.3) is 10.1 Å². The molecule has 0 spiro atoms. The fraction of sp³-hybridized carbons (Fsp3) is 0.167. The highest BCUT2D eigenvalue weighted by molar-refractivity contribution is 7.90. The van der Waals surface area contributed by atoms with Gasteiger partial charge in [0.1, 0.15) is 0 Å². The highest BCUT2D eigenvalue weighted by Crippen LogP contribution is 2.28. The van der Waals surface area contributed by atoms with Crippen LogP contribution < -0.4 is 0 Å². The molecule has 17 heavy (non-hydrogen) atoms. The van der Waals surface area contributed by atoms with Gasteiger partial charge in [-0.15, -0.1) is 0 Å². The van der Waals surface area contributed by atoms with Crippen LogP contribution in [-0.2, 0) is 10.1 Å². The third-order valence-electron chi connectivity index (χ3n) is 2.56.